The molecule has 0 saturated heterocycles. The van der Waals surface area contributed by atoms with Gasteiger partial charge in [0.25, 0.3) is 0 Å². The molecule has 0 aliphatic carbocycles. The molecule has 2 aromatic heterocycles. The van der Waals surface area contributed by atoms with Gasteiger partial charge in [-0.1, -0.05) is 46.6 Å². The Labute approximate surface area is 193 Å². The molecule has 0 bridgehead atoms. The largest absolute Gasteiger partial charge is 0.461 e. The summed E-state index contributed by atoms with van der Waals surface area (Å²) in [5.41, 5.74) is 2.64. The topological polar surface area (TPSA) is 50.9 Å². The van der Waals surface area contributed by atoms with E-state index in [0.717, 1.165) is 11.1 Å². The Kier molecular flexibility index (Phi) is 5.55. The normalized spacial score (nSPS) is 15.5. The molecule has 0 amide bonds. The van der Waals surface area contributed by atoms with Crippen molar-refractivity contribution in [1.29, 1.82) is 0 Å². The van der Waals surface area contributed by atoms with Crippen molar-refractivity contribution in [2.75, 3.05) is 0 Å². The number of furan rings is 1. The van der Waals surface area contributed by atoms with Crippen LogP contribution in [0.25, 0.3) is 11.1 Å². The lowest BCUT2D eigenvalue weighted by atomic mass is 10.0. The summed E-state index contributed by atoms with van der Waals surface area (Å²) in [6, 6.07) is 17.1. The van der Waals surface area contributed by atoms with Crippen molar-refractivity contribution in [3.63, 3.8) is 0 Å². The molecule has 1 aliphatic rings. The molecule has 0 saturated carbocycles. The van der Waals surface area contributed by atoms with Crippen molar-refractivity contribution in [2.24, 2.45) is 5.16 Å². The maximum Gasteiger partial charge on any atom is 0.229 e. The number of rotatable bonds is 5. The minimum Gasteiger partial charge on any atom is -0.461 e. The van der Waals surface area contributed by atoms with Crippen LogP contribution in [0.5, 0.6) is 0 Å². The van der Waals surface area contributed by atoms with Crippen LogP contribution >= 0.6 is 23.2 Å². The number of aromatic nitrogens is 1. The molecule has 0 spiro atoms. The Balaban J connectivity index is 1.58. The quantitative estimate of drug-likeness (QED) is 0.328. The maximum absolute atomic E-state index is 14.6. The second kappa shape index (κ2) is 8.65. The van der Waals surface area contributed by atoms with E-state index in [-0.39, 0.29) is 5.82 Å². The first-order valence-corrected chi connectivity index (χ1v) is 10.5. The predicted octanol–water partition coefficient (Wildman–Crippen LogP) is 6.68. The van der Waals surface area contributed by atoms with Gasteiger partial charge in [0.15, 0.2) is 5.76 Å². The van der Waals surface area contributed by atoms with E-state index in [0.29, 0.717) is 39.3 Å². The maximum atomic E-state index is 14.6. The molecule has 32 heavy (non-hydrogen) atoms. The minimum atomic E-state index is -0.657. The lowest BCUT2D eigenvalue weighted by Gasteiger charge is -2.26. The summed E-state index contributed by atoms with van der Waals surface area (Å²) < 4.78 is 20.1. The highest BCUT2D eigenvalue weighted by Gasteiger charge is 2.36. The van der Waals surface area contributed by atoms with Crippen molar-refractivity contribution in [3.8, 4) is 11.1 Å². The molecule has 160 valence electrons. The molecule has 1 unspecified atom stereocenters. The zero-order valence-corrected chi connectivity index (χ0v) is 18.1. The SMILES string of the molecule is Fc1ccccc1-c1ccncc1CN1C(c2ccco2)=NOC1c1cc(Cl)ccc1Cl. The highest BCUT2D eigenvalue weighted by atomic mass is 35.5. The number of pyridine rings is 1. The zero-order chi connectivity index (χ0) is 22.1. The number of halogens is 3. The summed E-state index contributed by atoms with van der Waals surface area (Å²) in [4.78, 5) is 11.9. The van der Waals surface area contributed by atoms with E-state index in [9.17, 15) is 4.39 Å². The van der Waals surface area contributed by atoms with E-state index in [1.165, 1.54) is 6.07 Å². The van der Waals surface area contributed by atoms with Crippen LogP contribution in [0.4, 0.5) is 4.39 Å². The summed E-state index contributed by atoms with van der Waals surface area (Å²) in [7, 11) is 0. The van der Waals surface area contributed by atoms with Gasteiger partial charge in [-0.05, 0) is 53.6 Å². The number of hydrogen-bond donors (Lipinski definition) is 0. The highest BCUT2D eigenvalue weighted by Crippen LogP contribution is 2.38. The molecule has 1 aliphatic heterocycles. The van der Waals surface area contributed by atoms with Crippen molar-refractivity contribution in [1.82, 2.24) is 9.88 Å². The number of benzene rings is 2. The summed E-state index contributed by atoms with van der Waals surface area (Å²) in [6.45, 7) is 0.310. The van der Waals surface area contributed by atoms with Gasteiger partial charge in [-0.25, -0.2) is 4.39 Å². The summed E-state index contributed by atoms with van der Waals surface area (Å²) in [6.07, 6.45) is 4.25. The first-order valence-electron chi connectivity index (χ1n) is 9.79. The molecule has 3 heterocycles. The number of nitrogens with zero attached hydrogens (tertiary/aromatic N) is 3. The van der Waals surface area contributed by atoms with Crippen molar-refractivity contribution >= 4 is 29.0 Å². The summed E-state index contributed by atoms with van der Waals surface area (Å²) >= 11 is 12.7. The lowest BCUT2D eigenvalue weighted by Crippen LogP contribution is -2.31. The van der Waals surface area contributed by atoms with E-state index in [4.69, 9.17) is 32.5 Å². The number of amidine groups is 1. The van der Waals surface area contributed by atoms with E-state index < -0.39 is 6.23 Å². The van der Waals surface area contributed by atoms with E-state index in [1.807, 2.05) is 4.90 Å². The molecule has 4 aromatic rings. The molecule has 0 radical (unpaired) electrons. The second-order valence-electron chi connectivity index (χ2n) is 7.16. The molecule has 5 rings (SSSR count). The predicted molar refractivity (Wildman–Crippen MR) is 121 cm³/mol. The lowest BCUT2D eigenvalue weighted by molar-refractivity contribution is 0.00583. The van der Waals surface area contributed by atoms with Gasteiger partial charge in [-0.3, -0.25) is 4.98 Å². The summed E-state index contributed by atoms with van der Waals surface area (Å²) in [5, 5.41) is 5.26. The Morgan fingerprint density at radius 1 is 1.00 bits per heavy atom. The third kappa shape index (κ3) is 3.83. The van der Waals surface area contributed by atoms with Crippen LogP contribution in [-0.4, -0.2) is 15.7 Å². The molecule has 8 heteroatoms. The van der Waals surface area contributed by atoms with Crippen LogP contribution in [0.3, 0.4) is 0 Å². The highest BCUT2D eigenvalue weighted by molar-refractivity contribution is 6.33. The van der Waals surface area contributed by atoms with Gasteiger partial charge < -0.3 is 14.2 Å². The fourth-order valence-electron chi connectivity index (χ4n) is 3.68. The van der Waals surface area contributed by atoms with Gasteiger partial charge in [0.1, 0.15) is 5.82 Å². The average molecular weight is 468 g/mol. The standard InChI is InChI=1S/C24H16Cl2FN3O2/c25-16-7-8-20(26)19(12-16)24-30(23(29-32-24)22-6-3-11-31-22)14-15-13-28-10-9-17(15)18-4-1-2-5-21(18)27/h1-13,24H,14H2. The molecule has 2 aromatic carbocycles. The van der Waals surface area contributed by atoms with Gasteiger partial charge >= 0.3 is 0 Å². The van der Waals surface area contributed by atoms with Crippen LogP contribution in [-0.2, 0) is 11.4 Å². The molecular formula is C24H16Cl2FN3O2. The van der Waals surface area contributed by atoms with Crippen LogP contribution in [0.1, 0.15) is 23.1 Å². The van der Waals surface area contributed by atoms with Gasteiger partial charge in [-0.15, -0.1) is 0 Å². The van der Waals surface area contributed by atoms with Gasteiger partial charge in [0.05, 0.1) is 12.8 Å². The second-order valence-corrected chi connectivity index (χ2v) is 8.00. The Hall–Kier alpha value is -3.35. The first kappa shape index (κ1) is 20.5. The Bertz CT molecular complexity index is 1290. The van der Waals surface area contributed by atoms with Crippen molar-refractivity contribution < 1.29 is 13.6 Å². The van der Waals surface area contributed by atoms with Crippen LogP contribution in [0.15, 0.2) is 88.9 Å². The third-order valence-corrected chi connectivity index (χ3v) is 5.75. The average Bonchev–Trinajstić information content (AvgIpc) is 3.46. The number of hydrogen-bond acceptors (Lipinski definition) is 5. The van der Waals surface area contributed by atoms with Crippen LogP contribution in [0, 0.1) is 5.82 Å². The molecule has 1 atom stereocenters. The fourth-order valence-corrected chi connectivity index (χ4v) is 4.07. The smallest absolute Gasteiger partial charge is 0.229 e. The van der Waals surface area contributed by atoms with Crippen molar-refractivity contribution in [3.05, 3.63) is 112 Å². The molecule has 5 nitrogen and oxygen atoms in total. The molecular weight excluding hydrogens is 452 g/mol. The zero-order valence-electron chi connectivity index (χ0n) is 16.6. The fraction of sp³-hybridized carbons (Fsp3) is 0.0833. The summed E-state index contributed by atoms with van der Waals surface area (Å²) in [5.74, 6) is 0.702. The van der Waals surface area contributed by atoms with E-state index in [2.05, 4.69) is 10.1 Å². The monoisotopic (exact) mass is 467 g/mol. The van der Waals surface area contributed by atoms with Crippen molar-refractivity contribution in [2.45, 2.75) is 12.8 Å². The van der Waals surface area contributed by atoms with E-state index in [1.54, 1.807) is 73.3 Å². The third-order valence-electron chi connectivity index (χ3n) is 5.17. The molecule has 0 N–H and O–H groups in total. The van der Waals surface area contributed by atoms with Crippen LogP contribution < -0.4 is 0 Å². The Morgan fingerprint density at radius 2 is 1.88 bits per heavy atom. The van der Waals surface area contributed by atoms with E-state index >= 15 is 0 Å². The Morgan fingerprint density at radius 3 is 2.69 bits per heavy atom. The minimum absolute atomic E-state index is 0.310. The first-order chi connectivity index (χ1) is 15.6. The van der Waals surface area contributed by atoms with Gasteiger partial charge in [0.2, 0.25) is 12.1 Å². The number of oxime groups is 1. The van der Waals surface area contributed by atoms with Gasteiger partial charge in [-0.2, -0.15) is 0 Å². The molecule has 0 fully saturated rings. The van der Waals surface area contributed by atoms with Crippen LogP contribution in [0.2, 0.25) is 10.0 Å². The van der Waals surface area contributed by atoms with Gasteiger partial charge in [0, 0.05) is 33.6 Å².